The Labute approximate surface area is 113 Å². The number of rotatable bonds is 5. The largest absolute Gasteiger partial charge is 0.352 e. The van der Waals surface area contributed by atoms with Gasteiger partial charge in [0.2, 0.25) is 0 Å². The summed E-state index contributed by atoms with van der Waals surface area (Å²) in [5, 5.41) is 12.7. The number of aromatic nitrogens is 2. The zero-order chi connectivity index (χ0) is 13.1. The second kappa shape index (κ2) is 5.54. The van der Waals surface area contributed by atoms with E-state index in [4.69, 9.17) is 0 Å². The predicted molar refractivity (Wildman–Crippen MR) is 72.7 cm³/mol. The molecule has 1 saturated carbocycles. The Morgan fingerprint density at radius 1 is 1.26 bits per heavy atom. The van der Waals surface area contributed by atoms with E-state index in [1.54, 1.807) is 12.4 Å². The lowest BCUT2D eigenvalue weighted by atomic mass is 10.2. The van der Waals surface area contributed by atoms with E-state index in [0.717, 1.165) is 31.4 Å². The van der Waals surface area contributed by atoms with Gasteiger partial charge in [0, 0.05) is 31.5 Å². The minimum absolute atomic E-state index is 0.446. The molecular weight excluding hydrogens is 238 g/mol. The molecule has 1 N–H and O–H groups in total. The molecule has 0 aromatic carbocycles. The molecule has 1 aliphatic heterocycles. The molecule has 5 nitrogen and oxygen atoms in total. The van der Waals surface area contributed by atoms with Crippen LogP contribution in [0.4, 0.5) is 5.82 Å². The normalized spacial score (nSPS) is 22.2. The van der Waals surface area contributed by atoms with Crippen molar-refractivity contribution in [3.8, 4) is 6.07 Å². The summed E-state index contributed by atoms with van der Waals surface area (Å²) in [4.78, 5) is 10.8. The minimum atomic E-state index is 0.446. The number of hydrogen-bond donors (Lipinski definition) is 1. The van der Waals surface area contributed by atoms with Crippen LogP contribution in [0.5, 0.6) is 0 Å². The molecule has 100 valence electrons. The highest BCUT2D eigenvalue weighted by Gasteiger charge is 2.28. The Balaban J connectivity index is 1.78. The first-order chi connectivity index (χ1) is 9.36. The molecule has 1 aliphatic carbocycles. The van der Waals surface area contributed by atoms with E-state index in [2.05, 4.69) is 26.3 Å². The molecule has 1 unspecified atom stereocenters. The Morgan fingerprint density at radius 3 is 2.79 bits per heavy atom. The lowest BCUT2D eigenvalue weighted by Gasteiger charge is -2.27. The maximum Gasteiger partial charge on any atom is 0.183 e. The van der Waals surface area contributed by atoms with Gasteiger partial charge < -0.3 is 10.2 Å². The van der Waals surface area contributed by atoms with Crippen LogP contribution in [-0.4, -0.2) is 35.6 Å². The van der Waals surface area contributed by atoms with Crippen molar-refractivity contribution >= 4 is 5.82 Å². The number of nitrogens with zero attached hydrogens (tertiary/aromatic N) is 4. The molecule has 1 aromatic rings. The van der Waals surface area contributed by atoms with E-state index in [-0.39, 0.29) is 0 Å². The molecule has 3 rings (SSSR count). The molecule has 1 aromatic heterocycles. The van der Waals surface area contributed by atoms with E-state index in [0.29, 0.717) is 11.7 Å². The Bertz CT molecular complexity index is 471. The Hall–Kier alpha value is -1.67. The molecule has 0 amide bonds. The van der Waals surface area contributed by atoms with Gasteiger partial charge in [-0.2, -0.15) is 5.26 Å². The summed E-state index contributed by atoms with van der Waals surface area (Å²) in [5.41, 5.74) is 0.446. The van der Waals surface area contributed by atoms with Crippen molar-refractivity contribution in [3.63, 3.8) is 0 Å². The van der Waals surface area contributed by atoms with Gasteiger partial charge in [-0.1, -0.05) is 0 Å². The molecule has 0 bridgehead atoms. The monoisotopic (exact) mass is 257 g/mol. The number of hydrogen-bond acceptors (Lipinski definition) is 5. The molecular formula is C14H19N5. The van der Waals surface area contributed by atoms with Crippen LogP contribution in [0.1, 0.15) is 31.4 Å². The van der Waals surface area contributed by atoms with Gasteiger partial charge in [-0.05, 0) is 38.1 Å². The van der Waals surface area contributed by atoms with Crippen LogP contribution in [0.25, 0.3) is 0 Å². The average molecular weight is 257 g/mol. The number of anilines is 1. The summed E-state index contributed by atoms with van der Waals surface area (Å²) in [5.74, 6) is 1.53. The molecule has 0 radical (unpaired) electrons. The molecule has 2 heterocycles. The quantitative estimate of drug-likeness (QED) is 0.861. The van der Waals surface area contributed by atoms with Gasteiger partial charge in [-0.25, -0.2) is 9.97 Å². The molecule has 2 aliphatic rings. The maximum absolute atomic E-state index is 9.18. The summed E-state index contributed by atoms with van der Waals surface area (Å²) in [6, 6.07) is 2.68. The van der Waals surface area contributed by atoms with Crippen LogP contribution in [0, 0.1) is 17.2 Å². The minimum Gasteiger partial charge on any atom is -0.352 e. The first-order valence-corrected chi connectivity index (χ1v) is 7.06. The summed E-state index contributed by atoms with van der Waals surface area (Å²) >= 11 is 0. The summed E-state index contributed by atoms with van der Waals surface area (Å²) in [7, 11) is 0. The van der Waals surface area contributed by atoms with Gasteiger partial charge in [-0.3, -0.25) is 0 Å². The fraction of sp³-hybridized carbons (Fsp3) is 0.643. The van der Waals surface area contributed by atoms with Crippen molar-refractivity contribution in [1.29, 1.82) is 5.26 Å². The molecule has 2 fully saturated rings. The van der Waals surface area contributed by atoms with Crippen LogP contribution in [0.15, 0.2) is 12.4 Å². The molecule has 5 heteroatoms. The van der Waals surface area contributed by atoms with E-state index < -0.39 is 0 Å². The lowest BCUT2D eigenvalue weighted by molar-refractivity contribution is 0.566. The van der Waals surface area contributed by atoms with Crippen molar-refractivity contribution in [1.82, 2.24) is 15.3 Å². The number of nitrogens with one attached hydrogen (secondary N) is 1. The van der Waals surface area contributed by atoms with Crippen molar-refractivity contribution in [2.75, 3.05) is 24.5 Å². The Morgan fingerprint density at radius 2 is 2.11 bits per heavy atom. The van der Waals surface area contributed by atoms with Crippen molar-refractivity contribution in [2.24, 2.45) is 5.92 Å². The third-order valence-corrected chi connectivity index (χ3v) is 3.86. The average Bonchev–Trinajstić information content (AvgIpc) is 3.12. The third-order valence-electron chi connectivity index (χ3n) is 3.86. The zero-order valence-corrected chi connectivity index (χ0v) is 11.0. The highest BCUT2D eigenvalue weighted by Crippen LogP contribution is 2.31. The maximum atomic E-state index is 9.18. The van der Waals surface area contributed by atoms with Crippen LogP contribution < -0.4 is 10.2 Å². The van der Waals surface area contributed by atoms with Gasteiger partial charge in [0.15, 0.2) is 11.5 Å². The lowest BCUT2D eigenvalue weighted by Crippen LogP contribution is -2.39. The fourth-order valence-electron chi connectivity index (χ4n) is 2.68. The highest BCUT2D eigenvalue weighted by atomic mass is 15.2. The van der Waals surface area contributed by atoms with E-state index in [1.165, 1.54) is 25.7 Å². The first kappa shape index (κ1) is 12.4. The van der Waals surface area contributed by atoms with Gasteiger partial charge in [0.25, 0.3) is 0 Å². The van der Waals surface area contributed by atoms with Crippen LogP contribution in [-0.2, 0) is 0 Å². The van der Waals surface area contributed by atoms with E-state index in [1.807, 2.05) is 0 Å². The van der Waals surface area contributed by atoms with Crippen molar-refractivity contribution in [2.45, 2.75) is 31.7 Å². The summed E-state index contributed by atoms with van der Waals surface area (Å²) < 4.78 is 0. The SMILES string of the molecule is N#Cc1nccnc1N(CC1CC1)CC1CCCN1. The first-order valence-electron chi connectivity index (χ1n) is 7.06. The predicted octanol–water partition coefficient (Wildman–Crippen LogP) is 1.32. The second-order valence-corrected chi connectivity index (χ2v) is 5.48. The second-order valence-electron chi connectivity index (χ2n) is 5.48. The molecule has 1 saturated heterocycles. The van der Waals surface area contributed by atoms with Crippen LogP contribution in [0.3, 0.4) is 0 Å². The van der Waals surface area contributed by atoms with Gasteiger partial charge in [0.05, 0.1) is 0 Å². The van der Waals surface area contributed by atoms with E-state index >= 15 is 0 Å². The smallest absolute Gasteiger partial charge is 0.183 e. The third kappa shape index (κ3) is 3.02. The highest BCUT2D eigenvalue weighted by molar-refractivity contribution is 5.49. The number of nitriles is 1. The summed E-state index contributed by atoms with van der Waals surface area (Å²) in [6.07, 6.45) is 8.33. The Kier molecular flexibility index (Phi) is 3.60. The van der Waals surface area contributed by atoms with Crippen LogP contribution in [0.2, 0.25) is 0 Å². The molecule has 1 atom stereocenters. The topological polar surface area (TPSA) is 64.8 Å². The molecule has 19 heavy (non-hydrogen) atoms. The standard InChI is InChI=1S/C14H19N5/c15-8-13-14(18-7-6-17-13)19(9-11-3-4-11)10-12-2-1-5-16-12/h6-7,11-12,16H,1-5,9-10H2. The molecule has 0 spiro atoms. The van der Waals surface area contributed by atoms with E-state index in [9.17, 15) is 5.26 Å². The van der Waals surface area contributed by atoms with Gasteiger partial charge in [0.1, 0.15) is 6.07 Å². The van der Waals surface area contributed by atoms with Crippen molar-refractivity contribution in [3.05, 3.63) is 18.1 Å². The fourth-order valence-corrected chi connectivity index (χ4v) is 2.68. The zero-order valence-electron chi connectivity index (χ0n) is 11.0. The van der Waals surface area contributed by atoms with Crippen molar-refractivity contribution < 1.29 is 0 Å². The summed E-state index contributed by atoms with van der Waals surface area (Å²) in [6.45, 7) is 3.04. The van der Waals surface area contributed by atoms with Gasteiger partial charge in [-0.15, -0.1) is 0 Å². The van der Waals surface area contributed by atoms with Gasteiger partial charge >= 0.3 is 0 Å². The van der Waals surface area contributed by atoms with Crippen LogP contribution >= 0.6 is 0 Å².